The molecule has 0 spiro atoms. The Kier molecular flexibility index (Phi) is 1.60. The minimum Gasteiger partial charge on any atom is -0.384 e. The van der Waals surface area contributed by atoms with E-state index < -0.39 is 0 Å². The Labute approximate surface area is 83.0 Å². The second kappa shape index (κ2) is 2.91. The van der Waals surface area contributed by atoms with Crippen molar-refractivity contribution < 1.29 is 0 Å². The molecule has 2 aromatic rings. The molecule has 0 amide bonds. The first kappa shape index (κ1) is 7.68. The van der Waals surface area contributed by atoms with Crippen LogP contribution >= 0.6 is 0 Å². The minimum atomic E-state index is 1.07. The van der Waals surface area contributed by atoms with Gasteiger partial charge in [0, 0.05) is 24.6 Å². The zero-order valence-electron chi connectivity index (χ0n) is 7.88. The van der Waals surface area contributed by atoms with Crippen LogP contribution < -0.4 is 5.32 Å². The Hall–Kier alpha value is -1.70. The maximum absolute atomic E-state index is 3.39. The van der Waals surface area contributed by atoms with Crippen LogP contribution in [0.3, 0.4) is 0 Å². The first-order valence-corrected chi connectivity index (χ1v) is 4.94. The highest BCUT2D eigenvalue weighted by molar-refractivity contribution is 5.75. The van der Waals surface area contributed by atoms with Gasteiger partial charge >= 0.3 is 0 Å². The van der Waals surface area contributed by atoms with Crippen LogP contribution in [0.5, 0.6) is 0 Å². The monoisotopic (exact) mass is 184 g/mol. The van der Waals surface area contributed by atoms with Gasteiger partial charge in [-0.05, 0) is 35.2 Å². The molecule has 2 nitrogen and oxygen atoms in total. The molecule has 0 aliphatic carbocycles. The van der Waals surface area contributed by atoms with Crippen LogP contribution in [0.1, 0.15) is 5.56 Å². The van der Waals surface area contributed by atoms with Crippen molar-refractivity contribution in [3.8, 4) is 11.1 Å². The summed E-state index contributed by atoms with van der Waals surface area (Å²) in [5.74, 6) is 0. The number of nitrogens with one attached hydrogen (secondary N) is 2. The van der Waals surface area contributed by atoms with E-state index in [2.05, 4.69) is 34.6 Å². The fourth-order valence-electron chi connectivity index (χ4n) is 2.11. The van der Waals surface area contributed by atoms with E-state index >= 15 is 0 Å². The van der Waals surface area contributed by atoms with Crippen LogP contribution in [0, 0.1) is 0 Å². The summed E-state index contributed by atoms with van der Waals surface area (Å²) in [4.78, 5) is 3.10. The van der Waals surface area contributed by atoms with Gasteiger partial charge in [0.25, 0.3) is 0 Å². The topological polar surface area (TPSA) is 27.8 Å². The molecule has 0 fully saturated rings. The van der Waals surface area contributed by atoms with Crippen LogP contribution in [-0.4, -0.2) is 11.5 Å². The molecule has 1 aliphatic heterocycles. The molecular formula is C12H12N2. The Morgan fingerprint density at radius 1 is 1.14 bits per heavy atom. The molecule has 2 N–H and O–H groups in total. The number of hydrogen-bond acceptors (Lipinski definition) is 1. The largest absolute Gasteiger partial charge is 0.384 e. The predicted molar refractivity (Wildman–Crippen MR) is 58.4 cm³/mol. The van der Waals surface area contributed by atoms with Crippen molar-refractivity contribution in [2.45, 2.75) is 6.42 Å². The van der Waals surface area contributed by atoms with E-state index in [0.29, 0.717) is 0 Å². The highest BCUT2D eigenvalue weighted by Gasteiger charge is 2.14. The Bertz CT molecular complexity index is 443. The lowest BCUT2D eigenvalue weighted by Gasteiger charge is -2.05. The maximum Gasteiger partial charge on any atom is 0.0379 e. The van der Waals surface area contributed by atoms with E-state index in [1.165, 1.54) is 22.4 Å². The highest BCUT2D eigenvalue weighted by Crippen LogP contribution is 2.32. The average Bonchev–Trinajstić information content (AvgIpc) is 2.88. The number of aromatic amines is 1. The highest BCUT2D eigenvalue weighted by atomic mass is 14.9. The predicted octanol–water partition coefficient (Wildman–Crippen LogP) is 2.65. The molecular weight excluding hydrogens is 172 g/mol. The first-order valence-electron chi connectivity index (χ1n) is 4.94. The lowest BCUT2D eigenvalue weighted by Crippen LogP contribution is -1.90. The van der Waals surface area contributed by atoms with Crippen molar-refractivity contribution in [3.05, 3.63) is 42.2 Å². The lowest BCUT2D eigenvalue weighted by atomic mass is 10.0. The maximum atomic E-state index is 3.39. The molecule has 1 aromatic heterocycles. The molecule has 0 atom stereocenters. The van der Waals surface area contributed by atoms with Crippen LogP contribution in [-0.2, 0) is 6.42 Å². The van der Waals surface area contributed by atoms with Crippen molar-refractivity contribution >= 4 is 5.69 Å². The van der Waals surface area contributed by atoms with Crippen LogP contribution in [0.15, 0.2) is 36.7 Å². The van der Waals surface area contributed by atoms with E-state index in [1.54, 1.807) is 0 Å². The van der Waals surface area contributed by atoms with Gasteiger partial charge in [-0.1, -0.05) is 12.1 Å². The molecule has 0 saturated carbocycles. The number of anilines is 1. The first-order chi connectivity index (χ1) is 6.95. The SMILES string of the molecule is c1cc2c(c(-c3cc[nH]c3)c1)CCN2. The van der Waals surface area contributed by atoms with Gasteiger partial charge in [0.15, 0.2) is 0 Å². The molecule has 0 unspecified atom stereocenters. The lowest BCUT2D eigenvalue weighted by molar-refractivity contribution is 1.11. The Morgan fingerprint density at radius 2 is 2.14 bits per heavy atom. The molecule has 1 aromatic carbocycles. The third-order valence-electron chi connectivity index (χ3n) is 2.78. The molecule has 3 rings (SSSR count). The molecule has 2 heteroatoms. The molecule has 0 radical (unpaired) electrons. The molecule has 1 aliphatic rings. The summed E-state index contributed by atoms with van der Waals surface area (Å²) in [5.41, 5.74) is 5.38. The molecule has 0 saturated heterocycles. The zero-order chi connectivity index (χ0) is 9.38. The van der Waals surface area contributed by atoms with Crippen molar-refractivity contribution in [1.82, 2.24) is 4.98 Å². The quantitative estimate of drug-likeness (QED) is 0.700. The normalized spacial score (nSPS) is 13.7. The summed E-state index contributed by atoms with van der Waals surface area (Å²) in [7, 11) is 0. The van der Waals surface area contributed by atoms with Gasteiger partial charge in [-0.15, -0.1) is 0 Å². The van der Waals surface area contributed by atoms with Crippen molar-refractivity contribution in [2.75, 3.05) is 11.9 Å². The number of hydrogen-bond donors (Lipinski definition) is 2. The molecule has 0 bridgehead atoms. The summed E-state index contributed by atoms with van der Waals surface area (Å²) in [6.07, 6.45) is 5.15. The summed E-state index contributed by atoms with van der Waals surface area (Å²) < 4.78 is 0. The third kappa shape index (κ3) is 1.04. The standard InChI is InChI=1S/C12H12N2/c1-2-10(9-4-6-13-8-9)11-5-7-14-12(11)3-1/h1-4,6,8,13-14H,5,7H2. The van der Waals surface area contributed by atoms with Crippen LogP contribution in [0.4, 0.5) is 5.69 Å². The minimum absolute atomic E-state index is 1.07. The van der Waals surface area contributed by atoms with Crippen molar-refractivity contribution in [1.29, 1.82) is 0 Å². The fraction of sp³-hybridized carbons (Fsp3) is 0.167. The molecule has 14 heavy (non-hydrogen) atoms. The van der Waals surface area contributed by atoms with E-state index in [9.17, 15) is 0 Å². The van der Waals surface area contributed by atoms with Gasteiger partial charge in [0.2, 0.25) is 0 Å². The number of H-pyrrole nitrogens is 1. The average molecular weight is 184 g/mol. The van der Waals surface area contributed by atoms with Gasteiger partial charge < -0.3 is 10.3 Å². The fourth-order valence-corrected chi connectivity index (χ4v) is 2.11. The Balaban J connectivity index is 2.20. The van der Waals surface area contributed by atoms with Crippen molar-refractivity contribution in [2.24, 2.45) is 0 Å². The second-order valence-electron chi connectivity index (χ2n) is 3.61. The summed E-state index contributed by atoms with van der Waals surface area (Å²) in [5, 5.41) is 3.39. The summed E-state index contributed by atoms with van der Waals surface area (Å²) >= 11 is 0. The molecule has 2 heterocycles. The van der Waals surface area contributed by atoms with E-state index in [1.807, 2.05) is 12.4 Å². The molecule has 70 valence electrons. The number of aromatic nitrogens is 1. The number of benzene rings is 1. The second-order valence-corrected chi connectivity index (χ2v) is 3.61. The Morgan fingerprint density at radius 3 is 3.00 bits per heavy atom. The van der Waals surface area contributed by atoms with Crippen LogP contribution in [0.2, 0.25) is 0 Å². The smallest absolute Gasteiger partial charge is 0.0379 e. The number of rotatable bonds is 1. The van der Waals surface area contributed by atoms with Gasteiger partial charge in [-0.2, -0.15) is 0 Å². The number of fused-ring (bicyclic) bond motifs is 1. The zero-order valence-corrected chi connectivity index (χ0v) is 7.88. The van der Waals surface area contributed by atoms with Crippen LogP contribution in [0.25, 0.3) is 11.1 Å². The van der Waals surface area contributed by atoms with Gasteiger partial charge in [-0.25, -0.2) is 0 Å². The van der Waals surface area contributed by atoms with Crippen molar-refractivity contribution in [3.63, 3.8) is 0 Å². The summed E-state index contributed by atoms with van der Waals surface area (Å²) in [6.45, 7) is 1.07. The third-order valence-corrected chi connectivity index (χ3v) is 2.78. The summed E-state index contributed by atoms with van der Waals surface area (Å²) in [6, 6.07) is 8.57. The van der Waals surface area contributed by atoms with E-state index in [4.69, 9.17) is 0 Å². The van der Waals surface area contributed by atoms with E-state index in [0.717, 1.165) is 13.0 Å². The van der Waals surface area contributed by atoms with Gasteiger partial charge in [-0.3, -0.25) is 0 Å². The van der Waals surface area contributed by atoms with Gasteiger partial charge in [0.1, 0.15) is 0 Å². The van der Waals surface area contributed by atoms with Gasteiger partial charge in [0.05, 0.1) is 0 Å². The van der Waals surface area contributed by atoms with E-state index in [-0.39, 0.29) is 0 Å².